The average Bonchev–Trinajstić information content (AvgIpc) is 3.05. The standard InChI is InChI=1S/C20H19F4N5O2/c1-25-17-13(21)2-3-15(16(17)22)26-19(31)28-7-5-14-12(9-28)18-20(23,24)6-4-11(10-30)8-29(18)27-14/h2-3,11,30H,4-10H2,(H,26,31)/t11-/m0/s1. The largest absolute Gasteiger partial charge is 0.396 e. The zero-order chi connectivity index (χ0) is 22.3. The van der Waals surface area contributed by atoms with E-state index in [-0.39, 0.29) is 61.9 Å². The fourth-order valence-corrected chi connectivity index (χ4v) is 4.06. The van der Waals surface area contributed by atoms with Crippen molar-refractivity contribution >= 4 is 17.4 Å². The smallest absolute Gasteiger partial charge is 0.322 e. The number of aliphatic hydroxyl groups is 1. The minimum atomic E-state index is -3.16. The third kappa shape index (κ3) is 3.72. The summed E-state index contributed by atoms with van der Waals surface area (Å²) in [6.45, 7) is 6.84. The minimum absolute atomic E-state index is 0.144. The van der Waals surface area contributed by atoms with Gasteiger partial charge < -0.3 is 15.3 Å². The van der Waals surface area contributed by atoms with Gasteiger partial charge in [-0.05, 0) is 18.6 Å². The van der Waals surface area contributed by atoms with Crippen molar-refractivity contribution in [2.24, 2.45) is 5.92 Å². The normalized spacial score (nSPS) is 19.7. The molecule has 2 amide bonds. The topological polar surface area (TPSA) is 74.8 Å². The SMILES string of the molecule is [C-]#[N+]c1c(F)ccc(NC(=O)N2CCc3nn4c(c3C2)C(F)(F)CC[C@H](CO)C4)c1F. The Hall–Kier alpha value is -3.13. The van der Waals surface area contributed by atoms with Crippen molar-refractivity contribution in [3.05, 3.63) is 52.1 Å². The number of benzene rings is 1. The number of nitrogens with zero attached hydrogens (tertiary/aromatic N) is 4. The number of urea groups is 1. The number of hydrogen-bond acceptors (Lipinski definition) is 3. The van der Waals surface area contributed by atoms with Crippen LogP contribution < -0.4 is 5.32 Å². The van der Waals surface area contributed by atoms with Crippen LogP contribution in [0.4, 0.5) is 33.7 Å². The van der Waals surface area contributed by atoms with E-state index in [2.05, 4.69) is 15.3 Å². The first kappa shape index (κ1) is 21.1. The summed E-state index contributed by atoms with van der Waals surface area (Å²) < 4.78 is 58.7. The van der Waals surface area contributed by atoms with Crippen molar-refractivity contribution in [3.8, 4) is 0 Å². The van der Waals surface area contributed by atoms with Gasteiger partial charge in [0.15, 0.2) is 5.82 Å². The van der Waals surface area contributed by atoms with E-state index in [1.54, 1.807) is 0 Å². The van der Waals surface area contributed by atoms with Crippen LogP contribution >= 0.6 is 0 Å². The summed E-state index contributed by atoms with van der Waals surface area (Å²) >= 11 is 0. The molecule has 31 heavy (non-hydrogen) atoms. The Kier molecular flexibility index (Phi) is 5.35. The lowest BCUT2D eigenvalue weighted by molar-refractivity contribution is -0.0226. The van der Waals surface area contributed by atoms with Gasteiger partial charge in [0.05, 0.1) is 24.5 Å². The number of halogens is 4. The molecule has 0 aliphatic carbocycles. The van der Waals surface area contributed by atoms with Crippen LogP contribution in [0.25, 0.3) is 4.85 Å². The molecule has 164 valence electrons. The fraction of sp³-hybridized carbons (Fsp3) is 0.450. The quantitative estimate of drug-likeness (QED) is 0.555. The number of carbonyl (C=O) groups excluding carboxylic acids is 1. The van der Waals surface area contributed by atoms with Crippen LogP contribution in [-0.2, 0) is 25.4 Å². The Balaban J connectivity index is 1.59. The molecule has 4 rings (SSSR count). The summed E-state index contributed by atoms with van der Waals surface area (Å²) in [5.41, 5.74) is -0.724. The summed E-state index contributed by atoms with van der Waals surface area (Å²) in [4.78, 5) is 16.7. The maximum atomic E-state index is 14.9. The van der Waals surface area contributed by atoms with Gasteiger partial charge in [0.1, 0.15) is 11.5 Å². The van der Waals surface area contributed by atoms with Crippen molar-refractivity contribution in [3.63, 3.8) is 0 Å². The van der Waals surface area contributed by atoms with Crippen molar-refractivity contribution in [2.45, 2.75) is 38.3 Å². The third-order valence-electron chi connectivity index (χ3n) is 5.71. The van der Waals surface area contributed by atoms with Crippen LogP contribution in [0.2, 0.25) is 0 Å². The molecule has 7 nitrogen and oxygen atoms in total. The van der Waals surface area contributed by atoms with Gasteiger partial charge in [0, 0.05) is 44.0 Å². The molecule has 0 saturated heterocycles. The van der Waals surface area contributed by atoms with E-state index in [0.717, 1.165) is 12.1 Å². The van der Waals surface area contributed by atoms with Crippen molar-refractivity contribution in [1.82, 2.24) is 14.7 Å². The van der Waals surface area contributed by atoms with Gasteiger partial charge in [-0.15, -0.1) is 0 Å². The number of nitrogens with one attached hydrogen (secondary N) is 1. The van der Waals surface area contributed by atoms with E-state index in [1.165, 1.54) is 9.58 Å². The molecule has 2 aliphatic heterocycles. The second kappa shape index (κ2) is 7.85. The molecule has 2 aliphatic rings. The fourth-order valence-electron chi connectivity index (χ4n) is 4.06. The van der Waals surface area contributed by atoms with Gasteiger partial charge in [-0.2, -0.15) is 13.9 Å². The number of amides is 2. The van der Waals surface area contributed by atoms with Crippen LogP contribution in [-0.4, -0.2) is 39.0 Å². The Bertz CT molecular complexity index is 1080. The van der Waals surface area contributed by atoms with Gasteiger partial charge in [0.2, 0.25) is 0 Å². The number of alkyl halides is 2. The van der Waals surface area contributed by atoms with Crippen LogP contribution in [0.5, 0.6) is 0 Å². The van der Waals surface area contributed by atoms with Gasteiger partial charge in [0.25, 0.3) is 11.6 Å². The zero-order valence-corrected chi connectivity index (χ0v) is 16.3. The molecule has 0 radical (unpaired) electrons. The lowest BCUT2D eigenvalue weighted by atomic mass is 9.98. The molecule has 2 N–H and O–H groups in total. The number of fused-ring (bicyclic) bond motifs is 3. The van der Waals surface area contributed by atoms with Crippen LogP contribution in [0.3, 0.4) is 0 Å². The summed E-state index contributed by atoms with van der Waals surface area (Å²) in [5.74, 6) is -5.72. The van der Waals surface area contributed by atoms with Crippen LogP contribution in [0.15, 0.2) is 12.1 Å². The third-order valence-corrected chi connectivity index (χ3v) is 5.71. The summed E-state index contributed by atoms with van der Waals surface area (Å²) in [7, 11) is 0. The second-order valence-corrected chi connectivity index (χ2v) is 7.72. The molecule has 1 aromatic heterocycles. The highest BCUT2D eigenvalue weighted by Gasteiger charge is 2.43. The van der Waals surface area contributed by atoms with E-state index in [1.807, 2.05) is 0 Å². The Morgan fingerprint density at radius 2 is 2.16 bits per heavy atom. The first-order valence-electron chi connectivity index (χ1n) is 9.74. The molecule has 0 unspecified atom stereocenters. The number of carbonyl (C=O) groups is 1. The molecule has 0 saturated carbocycles. The lowest BCUT2D eigenvalue weighted by Gasteiger charge is -2.28. The molecule has 3 heterocycles. The highest BCUT2D eigenvalue weighted by molar-refractivity contribution is 5.90. The molecule has 1 aromatic carbocycles. The Morgan fingerprint density at radius 3 is 2.87 bits per heavy atom. The predicted octanol–water partition coefficient (Wildman–Crippen LogP) is 3.80. The molecule has 0 spiro atoms. The second-order valence-electron chi connectivity index (χ2n) is 7.72. The Labute approximate surface area is 175 Å². The van der Waals surface area contributed by atoms with Crippen molar-refractivity contribution in [2.75, 3.05) is 18.5 Å². The molecule has 1 atom stereocenters. The maximum Gasteiger partial charge on any atom is 0.322 e. The summed E-state index contributed by atoms with van der Waals surface area (Å²) in [5, 5.41) is 16.0. The molecule has 2 aromatic rings. The van der Waals surface area contributed by atoms with Crippen LogP contribution in [0, 0.1) is 24.1 Å². The van der Waals surface area contributed by atoms with Crippen molar-refractivity contribution < 1.29 is 27.5 Å². The van der Waals surface area contributed by atoms with Gasteiger partial charge in [-0.3, -0.25) is 4.68 Å². The van der Waals surface area contributed by atoms with E-state index in [9.17, 15) is 27.5 Å². The molecular weight excluding hydrogens is 418 g/mol. The van der Waals surface area contributed by atoms with Crippen LogP contribution in [0.1, 0.15) is 29.8 Å². The monoisotopic (exact) mass is 437 g/mol. The molecule has 0 bridgehead atoms. The highest BCUT2D eigenvalue weighted by atomic mass is 19.3. The number of hydrogen-bond donors (Lipinski definition) is 2. The molecule has 0 fully saturated rings. The highest BCUT2D eigenvalue weighted by Crippen LogP contribution is 2.41. The first-order valence-corrected chi connectivity index (χ1v) is 9.74. The summed E-state index contributed by atoms with van der Waals surface area (Å²) in [6, 6.07) is 1.12. The number of aromatic nitrogens is 2. The van der Waals surface area contributed by atoms with Gasteiger partial charge in [-0.25, -0.2) is 18.4 Å². The summed E-state index contributed by atoms with van der Waals surface area (Å²) in [6.07, 6.45) is -0.0381. The molecule has 11 heteroatoms. The number of rotatable bonds is 2. The maximum absolute atomic E-state index is 14.9. The van der Waals surface area contributed by atoms with Crippen molar-refractivity contribution in [1.29, 1.82) is 0 Å². The van der Waals surface area contributed by atoms with E-state index < -0.39 is 35.7 Å². The number of anilines is 1. The first-order chi connectivity index (χ1) is 14.7. The average molecular weight is 437 g/mol. The van der Waals surface area contributed by atoms with E-state index in [0.29, 0.717) is 5.69 Å². The predicted molar refractivity (Wildman–Crippen MR) is 102 cm³/mol. The van der Waals surface area contributed by atoms with E-state index in [4.69, 9.17) is 6.57 Å². The van der Waals surface area contributed by atoms with Gasteiger partial charge in [-0.1, -0.05) is 0 Å². The minimum Gasteiger partial charge on any atom is -0.396 e. The molecular formula is C20H19F4N5O2. The number of aliphatic hydroxyl groups excluding tert-OH is 1. The van der Waals surface area contributed by atoms with Gasteiger partial charge >= 0.3 is 6.03 Å². The Morgan fingerprint density at radius 1 is 1.39 bits per heavy atom. The van der Waals surface area contributed by atoms with E-state index >= 15 is 0 Å². The lowest BCUT2D eigenvalue weighted by Crippen LogP contribution is -2.39. The zero-order valence-electron chi connectivity index (χ0n) is 16.3.